The van der Waals surface area contributed by atoms with Gasteiger partial charge in [-0.15, -0.1) is 0 Å². The third-order valence-electron chi connectivity index (χ3n) is 1.81. The number of carboxylic acid groups (broad SMARTS) is 1. The number of carbonyl (C=O) groups is 1. The predicted octanol–water partition coefficient (Wildman–Crippen LogP) is -1.85. The highest BCUT2D eigenvalue weighted by Crippen LogP contribution is 2.09. The van der Waals surface area contributed by atoms with Gasteiger partial charge in [0.15, 0.2) is 0 Å². The molecule has 1 heterocycles. The van der Waals surface area contributed by atoms with Crippen LogP contribution in [0.25, 0.3) is 0 Å². The van der Waals surface area contributed by atoms with Crippen molar-refractivity contribution in [2.75, 3.05) is 6.54 Å². The second-order valence-corrected chi connectivity index (χ2v) is 2.62. The van der Waals surface area contributed by atoms with Crippen LogP contribution in [-0.2, 0) is 4.79 Å². The second kappa shape index (κ2) is 3.17. The van der Waals surface area contributed by atoms with Crippen LogP contribution < -0.4 is 5.32 Å². The Balaban J connectivity index is 2.58. The highest BCUT2D eigenvalue weighted by molar-refractivity contribution is 5.74. The fourth-order valence-corrected chi connectivity index (χ4v) is 1.13. The largest absolute Gasteiger partial charge is 0.480 e. The van der Waals surface area contributed by atoms with Crippen LogP contribution in [0.5, 0.6) is 0 Å². The molecule has 0 saturated carbocycles. The maximum Gasteiger partial charge on any atom is 0.323 e. The molecular weight excluding hydrogens is 150 g/mol. The van der Waals surface area contributed by atoms with E-state index in [-0.39, 0.29) is 0 Å². The van der Waals surface area contributed by atoms with Crippen LogP contribution in [0, 0.1) is 0 Å². The fourth-order valence-electron chi connectivity index (χ4n) is 1.13. The topological polar surface area (TPSA) is 89.8 Å². The van der Waals surface area contributed by atoms with Crippen molar-refractivity contribution >= 4 is 5.97 Å². The van der Waals surface area contributed by atoms with E-state index in [2.05, 4.69) is 5.32 Å². The Morgan fingerprint density at radius 1 is 1.45 bits per heavy atom. The summed E-state index contributed by atoms with van der Waals surface area (Å²) >= 11 is 0. The Morgan fingerprint density at radius 2 is 2.09 bits per heavy atom. The summed E-state index contributed by atoms with van der Waals surface area (Å²) in [7, 11) is 0. The first kappa shape index (κ1) is 8.45. The predicted molar refractivity (Wildman–Crippen MR) is 36.1 cm³/mol. The Morgan fingerprint density at radius 3 is 2.55 bits per heavy atom. The van der Waals surface area contributed by atoms with Crippen LogP contribution in [0.1, 0.15) is 6.42 Å². The van der Waals surface area contributed by atoms with Gasteiger partial charge >= 0.3 is 5.97 Å². The van der Waals surface area contributed by atoms with Crippen molar-refractivity contribution in [2.45, 2.75) is 24.7 Å². The van der Waals surface area contributed by atoms with Crippen LogP contribution >= 0.6 is 0 Å². The van der Waals surface area contributed by atoms with Crippen molar-refractivity contribution in [3.63, 3.8) is 0 Å². The van der Waals surface area contributed by atoms with Gasteiger partial charge in [-0.05, 0) is 13.0 Å². The van der Waals surface area contributed by atoms with E-state index in [0.29, 0.717) is 13.0 Å². The van der Waals surface area contributed by atoms with E-state index in [9.17, 15) is 4.79 Å². The van der Waals surface area contributed by atoms with Crippen molar-refractivity contribution in [1.82, 2.24) is 5.32 Å². The molecule has 1 saturated heterocycles. The molecule has 1 aliphatic rings. The third kappa shape index (κ3) is 1.68. The summed E-state index contributed by atoms with van der Waals surface area (Å²) in [6.07, 6.45) is -1.72. The van der Waals surface area contributed by atoms with E-state index in [4.69, 9.17) is 15.3 Å². The number of rotatable bonds is 1. The molecule has 4 N–H and O–H groups in total. The minimum Gasteiger partial charge on any atom is -0.480 e. The molecule has 1 fully saturated rings. The highest BCUT2D eigenvalue weighted by Gasteiger charge is 2.34. The molecule has 0 aliphatic carbocycles. The molecule has 11 heavy (non-hydrogen) atoms. The molecule has 0 spiro atoms. The normalized spacial score (nSPS) is 38.5. The van der Waals surface area contributed by atoms with Gasteiger partial charge in [-0.2, -0.15) is 0 Å². The standard InChI is InChI=1S/C6H11NO4/c8-3-1-2-7-4(5(3)9)6(10)11/h3-5,7-9H,1-2H2,(H,10,11)/t3-,4?,5-/m1/s1. The van der Waals surface area contributed by atoms with Gasteiger partial charge in [0.25, 0.3) is 0 Å². The summed E-state index contributed by atoms with van der Waals surface area (Å²) in [6, 6.07) is -1.03. The molecule has 1 unspecified atom stereocenters. The molecule has 5 nitrogen and oxygen atoms in total. The maximum absolute atomic E-state index is 10.4. The molecule has 3 atom stereocenters. The van der Waals surface area contributed by atoms with Crippen LogP contribution in [-0.4, -0.2) is 46.1 Å². The first-order valence-corrected chi connectivity index (χ1v) is 3.45. The van der Waals surface area contributed by atoms with Gasteiger partial charge in [-0.3, -0.25) is 4.79 Å². The average Bonchev–Trinajstić information content (AvgIpc) is 1.94. The molecule has 0 radical (unpaired) electrons. The molecule has 0 aromatic heterocycles. The number of piperidine rings is 1. The molecule has 0 aromatic carbocycles. The summed E-state index contributed by atoms with van der Waals surface area (Å²) in [5, 5.41) is 29.2. The zero-order valence-electron chi connectivity index (χ0n) is 5.90. The quantitative estimate of drug-likeness (QED) is 0.362. The first-order chi connectivity index (χ1) is 5.13. The molecule has 64 valence electrons. The van der Waals surface area contributed by atoms with E-state index in [1.54, 1.807) is 0 Å². The lowest BCUT2D eigenvalue weighted by molar-refractivity contribution is -0.147. The molecule has 0 aromatic rings. The summed E-state index contributed by atoms with van der Waals surface area (Å²) < 4.78 is 0. The van der Waals surface area contributed by atoms with Crippen molar-refractivity contribution < 1.29 is 20.1 Å². The average molecular weight is 161 g/mol. The number of hydrogen-bond donors (Lipinski definition) is 4. The zero-order chi connectivity index (χ0) is 8.43. The summed E-state index contributed by atoms with van der Waals surface area (Å²) in [4.78, 5) is 10.4. The van der Waals surface area contributed by atoms with Gasteiger partial charge in [0.2, 0.25) is 0 Å². The van der Waals surface area contributed by atoms with Gasteiger partial charge in [0, 0.05) is 0 Å². The lowest BCUT2D eigenvalue weighted by Gasteiger charge is -2.29. The van der Waals surface area contributed by atoms with E-state index < -0.39 is 24.2 Å². The van der Waals surface area contributed by atoms with E-state index in [1.165, 1.54) is 0 Å². The Hall–Kier alpha value is -0.650. The number of hydrogen-bond acceptors (Lipinski definition) is 4. The van der Waals surface area contributed by atoms with E-state index in [1.807, 2.05) is 0 Å². The van der Waals surface area contributed by atoms with Crippen LogP contribution in [0.2, 0.25) is 0 Å². The molecule has 5 heteroatoms. The van der Waals surface area contributed by atoms with Crippen LogP contribution in [0.4, 0.5) is 0 Å². The second-order valence-electron chi connectivity index (χ2n) is 2.62. The van der Waals surface area contributed by atoms with Crippen molar-refractivity contribution in [3.8, 4) is 0 Å². The summed E-state index contributed by atoms with van der Waals surface area (Å²) in [5.74, 6) is -1.13. The van der Waals surface area contributed by atoms with Crippen LogP contribution in [0.3, 0.4) is 0 Å². The monoisotopic (exact) mass is 161 g/mol. The van der Waals surface area contributed by atoms with Crippen molar-refractivity contribution in [2.24, 2.45) is 0 Å². The number of aliphatic hydroxyl groups excluding tert-OH is 2. The Bertz CT molecular complexity index is 161. The lowest BCUT2D eigenvalue weighted by Crippen LogP contribution is -2.56. The van der Waals surface area contributed by atoms with Gasteiger partial charge in [0.05, 0.1) is 6.10 Å². The first-order valence-electron chi connectivity index (χ1n) is 3.45. The van der Waals surface area contributed by atoms with Gasteiger partial charge in [-0.25, -0.2) is 0 Å². The number of aliphatic hydroxyl groups is 2. The Kier molecular flexibility index (Phi) is 2.43. The number of carboxylic acids is 1. The highest BCUT2D eigenvalue weighted by atomic mass is 16.4. The summed E-state index contributed by atoms with van der Waals surface area (Å²) in [5.41, 5.74) is 0. The maximum atomic E-state index is 10.4. The molecule has 0 amide bonds. The molecule has 0 bridgehead atoms. The zero-order valence-corrected chi connectivity index (χ0v) is 5.90. The smallest absolute Gasteiger partial charge is 0.323 e. The molecule has 1 aliphatic heterocycles. The number of aliphatic carboxylic acids is 1. The van der Waals surface area contributed by atoms with Gasteiger partial charge < -0.3 is 20.6 Å². The molecule has 1 rings (SSSR count). The van der Waals surface area contributed by atoms with Crippen molar-refractivity contribution in [3.05, 3.63) is 0 Å². The van der Waals surface area contributed by atoms with E-state index >= 15 is 0 Å². The SMILES string of the molecule is O=C(O)C1NCC[C@@H](O)[C@H]1O. The third-order valence-corrected chi connectivity index (χ3v) is 1.81. The van der Waals surface area contributed by atoms with E-state index in [0.717, 1.165) is 0 Å². The number of nitrogens with one attached hydrogen (secondary N) is 1. The lowest BCUT2D eigenvalue weighted by atomic mass is 9.99. The minimum absolute atomic E-state index is 0.394. The van der Waals surface area contributed by atoms with Crippen LogP contribution in [0.15, 0.2) is 0 Å². The van der Waals surface area contributed by atoms with Crippen molar-refractivity contribution in [1.29, 1.82) is 0 Å². The van der Waals surface area contributed by atoms with Gasteiger partial charge in [-0.1, -0.05) is 0 Å². The fraction of sp³-hybridized carbons (Fsp3) is 0.833. The minimum atomic E-state index is -1.19. The summed E-state index contributed by atoms with van der Waals surface area (Å²) in [6.45, 7) is 0.426. The van der Waals surface area contributed by atoms with Gasteiger partial charge in [0.1, 0.15) is 12.1 Å². The molecular formula is C6H11NO4. The Labute approximate surface area is 63.7 Å².